The average Bonchev–Trinajstić information content (AvgIpc) is 1.59. The van der Waals surface area contributed by atoms with Crippen molar-refractivity contribution < 1.29 is 12.7 Å². The topological polar surface area (TPSA) is 46.6 Å². The minimum absolute atomic E-state index is 0.162. The fourth-order valence-electron chi connectivity index (χ4n) is 0.402. The van der Waals surface area contributed by atoms with Crippen LogP contribution in [0.2, 0.25) is 0 Å². The highest BCUT2D eigenvalue weighted by atomic mass is 32.2. The predicted octanol–water partition coefficient (Wildman–Crippen LogP) is -0.00460. The summed E-state index contributed by atoms with van der Waals surface area (Å²) in [6.07, 6.45) is 1.28. The zero-order chi connectivity index (χ0) is 8.20. The molecule has 5 heteroatoms. The van der Waals surface area contributed by atoms with E-state index in [1.54, 1.807) is 0 Å². The van der Waals surface area contributed by atoms with Gasteiger partial charge in [-0.25, -0.2) is 0 Å². The first-order valence-electron chi connectivity index (χ1n) is 2.68. The zero-order valence-corrected chi connectivity index (χ0v) is 6.89. The predicted molar refractivity (Wildman–Crippen MR) is 38.8 cm³/mol. The molecule has 0 bridgehead atoms. The zero-order valence-electron chi connectivity index (χ0n) is 6.07. The number of hydrogen-bond donors (Lipinski definition) is 0. The summed E-state index contributed by atoms with van der Waals surface area (Å²) in [4.78, 5) is 0. The first-order chi connectivity index (χ1) is 4.48. The molecule has 0 aromatic carbocycles. The van der Waals surface area contributed by atoms with Crippen LogP contribution in [0.15, 0.2) is 12.7 Å². The highest BCUT2D eigenvalue weighted by Gasteiger charge is 2.09. The summed E-state index contributed by atoms with van der Waals surface area (Å²) in [5.74, 6) is -0.162. The fraction of sp³-hybridized carbons (Fsp3) is 0.600. The highest BCUT2D eigenvalue weighted by Crippen LogP contribution is 1.94. The Morgan fingerprint density at radius 3 is 2.40 bits per heavy atom. The van der Waals surface area contributed by atoms with E-state index in [9.17, 15) is 8.42 Å². The minimum atomic E-state index is -3.42. The van der Waals surface area contributed by atoms with E-state index in [0.717, 1.165) is 5.06 Å². The molecule has 0 rings (SSSR count). The van der Waals surface area contributed by atoms with Gasteiger partial charge in [-0.1, -0.05) is 6.08 Å². The van der Waals surface area contributed by atoms with Gasteiger partial charge in [-0.15, -0.1) is 6.58 Å². The molecule has 0 saturated carbocycles. The van der Waals surface area contributed by atoms with Crippen LogP contribution in [0.3, 0.4) is 0 Å². The van der Waals surface area contributed by atoms with Gasteiger partial charge in [0.15, 0.2) is 0 Å². The molecule has 0 aliphatic carbocycles. The molecule has 4 nitrogen and oxygen atoms in total. The molecule has 0 aliphatic heterocycles. The maximum atomic E-state index is 10.7. The molecule has 0 fully saturated rings. The van der Waals surface area contributed by atoms with Crippen LogP contribution in [0.1, 0.15) is 0 Å². The molecule has 0 aliphatic rings. The van der Waals surface area contributed by atoms with Crippen molar-refractivity contribution in [3.63, 3.8) is 0 Å². The van der Waals surface area contributed by atoms with Crippen LogP contribution in [-0.2, 0) is 14.4 Å². The SMILES string of the molecule is C=CCS(=O)(=O)ON(C)C. The van der Waals surface area contributed by atoms with Crippen LogP contribution in [0, 0.1) is 0 Å². The Labute approximate surface area is 61.2 Å². The molecule has 0 aromatic rings. The summed E-state index contributed by atoms with van der Waals surface area (Å²) >= 11 is 0. The van der Waals surface area contributed by atoms with Crippen LogP contribution < -0.4 is 0 Å². The second kappa shape index (κ2) is 3.70. The molecule has 0 heterocycles. The molecule has 0 amide bonds. The van der Waals surface area contributed by atoms with Crippen molar-refractivity contribution in [2.45, 2.75) is 0 Å². The lowest BCUT2D eigenvalue weighted by molar-refractivity contribution is 0.00572. The standard InChI is InChI=1S/C5H11NO3S/c1-4-5-10(7,8)9-6(2)3/h4H,1,5H2,2-3H3. The number of hydrogen-bond acceptors (Lipinski definition) is 4. The average molecular weight is 165 g/mol. The molecule has 0 unspecified atom stereocenters. The van der Waals surface area contributed by atoms with E-state index in [1.165, 1.54) is 20.2 Å². The number of hydroxylamine groups is 2. The number of nitrogens with zero attached hydrogens (tertiary/aromatic N) is 1. The van der Waals surface area contributed by atoms with Crippen LogP contribution in [0.4, 0.5) is 0 Å². The highest BCUT2D eigenvalue weighted by molar-refractivity contribution is 7.86. The Bertz CT molecular complexity index is 195. The summed E-state index contributed by atoms with van der Waals surface area (Å²) < 4.78 is 25.8. The third-order valence-corrected chi connectivity index (χ3v) is 1.75. The van der Waals surface area contributed by atoms with Gasteiger partial charge in [0.2, 0.25) is 0 Å². The van der Waals surface area contributed by atoms with Gasteiger partial charge >= 0.3 is 0 Å². The molecule has 0 aromatic heterocycles. The molecule has 0 radical (unpaired) electrons. The van der Waals surface area contributed by atoms with Crippen LogP contribution in [0.25, 0.3) is 0 Å². The second-order valence-electron chi connectivity index (χ2n) is 1.90. The normalized spacial score (nSPS) is 11.9. The van der Waals surface area contributed by atoms with E-state index in [0.29, 0.717) is 0 Å². The van der Waals surface area contributed by atoms with Gasteiger partial charge in [-0.05, 0) is 0 Å². The van der Waals surface area contributed by atoms with E-state index in [4.69, 9.17) is 0 Å². The van der Waals surface area contributed by atoms with Gasteiger partial charge in [-0.2, -0.15) is 17.8 Å². The van der Waals surface area contributed by atoms with Crippen LogP contribution in [-0.4, -0.2) is 33.3 Å². The lowest BCUT2D eigenvalue weighted by Crippen LogP contribution is -2.20. The van der Waals surface area contributed by atoms with Crippen molar-refractivity contribution in [3.8, 4) is 0 Å². The summed E-state index contributed by atoms with van der Waals surface area (Å²) in [5.41, 5.74) is 0. The first kappa shape index (κ1) is 9.61. The Kier molecular flexibility index (Phi) is 3.55. The van der Waals surface area contributed by atoms with Crippen molar-refractivity contribution in [2.24, 2.45) is 0 Å². The van der Waals surface area contributed by atoms with Crippen molar-refractivity contribution in [2.75, 3.05) is 19.8 Å². The molecular formula is C5H11NO3S. The maximum Gasteiger partial charge on any atom is 0.286 e. The minimum Gasteiger partial charge on any atom is -0.198 e. The lowest BCUT2D eigenvalue weighted by atomic mass is 10.8. The van der Waals surface area contributed by atoms with Crippen molar-refractivity contribution in [1.82, 2.24) is 5.06 Å². The molecule has 10 heavy (non-hydrogen) atoms. The quantitative estimate of drug-likeness (QED) is 0.434. The fourth-order valence-corrected chi connectivity index (χ4v) is 1.21. The van der Waals surface area contributed by atoms with E-state index in [1.807, 2.05) is 0 Å². The molecule has 0 spiro atoms. The van der Waals surface area contributed by atoms with Crippen molar-refractivity contribution in [3.05, 3.63) is 12.7 Å². The van der Waals surface area contributed by atoms with Crippen molar-refractivity contribution >= 4 is 10.1 Å². The van der Waals surface area contributed by atoms with Gasteiger partial charge in [0.05, 0.1) is 5.75 Å². The monoisotopic (exact) mass is 165 g/mol. The smallest absolute Gasteiger partial charge is 0.198 e. The van der Waals surface area contributed by atoms with E-state index in [-0.39, 0.29) is 5.75 Å². The number of rotatable bonds is 4. The maximum absolute atomic E-state index is 10.7. The molecule has 0 saturated heterocycles. The summed E-state index contributed by atoms with van der Waals surface area (Å²) in [6, 6.07) is 0. The summed E-state index contributed by atoms with van der Waals surface area (Å²) in [6.45, 7) is 3.28. The van der Waals surface area contributed by atoms with Crippen molar-refractivity contribution in [1.29, 1.82) is 0 Å². The second-order valence-corrected chi connectivity index (χ2v) is 3.50. The van der Waals surface area contributed by atoms with E-state index in [2.05, 4.69) is 10.9 Å². The van der Waals surface area contributed by atoms with Gasteiger partial charge in [0, 0.05) is 14.1 Å². The van der Waals surface area contributed by atoms with Gasteiger partial charge in [0.25, 0.3) is 10.1 Å². The molecule has 0 N–H and O–H groups in total. The van der Waals surface area contributed by atoms with Gasteiger partial charge < -0.3 is 0 Å². The Morgan fingerprint density at radius 2 is 2.10 bits per heavy atom. The Hall–Kier alpha value is -0.390. The lowest BCUT2D eigenvalue weighted by Gasteiger charge is -2.07. The summed E-state index contributed by atoms with van der Waals surface area (Å²) in [7, 11) is -0.422. The van der Waals surface area contributed by atoms with Gasteiger partial charge in [-0.3, -0.25) is 0 Å². The largest absolute Gasteiger partial charge is 0.286 e. The Morgan fingerprint density at radius 1 is 1.60 bits per heavy atom. The van der Waals surface area contributed by atoms with Crippen LogP contribution in [0.5, 0.6) is 0 Å². The summed E-state index contributed by atoms with van der Waals surface area (Å²) in [5, 5.41) is 1.12. The molecule has 0 atom stereocenters. The molecular weight excluding hydrogens is 154 g/mol. The van der Waals surface area contributed by atoms with Crippen LogP contribution >= 0.6 is 0 Å². The Balaban J connectivity index is 4.01. The third-order valence-electron chi connectivity index (χ3n) is 0.585. The third kappa shape index (κ3) is 4.49. The molecule has 60 valence electrons. The van der Waals surface area contributed by atoms with E-state index >= 15 is 0 Å². The van der Waals surface area contributed by atoms with Gasteiger partial charge in [0.1, 0.15) is 0 Å². The van der Waals surface area contributed by atoms with E-state index < -0.39 is 10.1 Å². The first-order valence-corrected chi connectivity index (χ1v) is 4.26.